The number of nitrogens with two attached hydrogens (primary N) is 1. The van der Waals surface area contributed by atoms with Crippen LogP contribution in [0.3, 0.4) is 0 Å². The molecule has 0 saturated carbocycles. The Morgan fingerprint density at radius 1 is 1.48 bits per heavy atom. The highest BCUT2D eigenvalue weighted by Crippen LogP contribution is 2.31. The molecule has 0 aliphatic rings. The first-order chi connectivity index (χ1) is 10.1. The van der Waals surface area contributed by atoms with Crippen molar-refractivity contribution in [3.63, 3.8) is 0 Å². The van der Waals surface area contributed by atoms with Gasteiger partial charge in [0.1, 0.15) is 11.5 Å². The van der Waals surface area contributed by atoms with Crippen LogP contribution in [0.15, 0.2) is 24.4 Å². The van der Waals surface area contributed by atoms with E-state index in [1.165, 1.54) is 0 Å². The topological polar surface area (TPSA) is 65.1 Å². The molecule has 6 heteroatoms. The Kier molecular flexibility index (Phi) is 4.93. The van der Waals surface area contributed by atoms with Crippen molar-refractivity contribution in [3.8, 4) is 5.75 Å². The van der Waals surface area contributed by atoms with E-state index in [-0.39, 0.29) is 5.82 Å². The molecule has 5 nitrogen and oxygen atoms in total. The van der Waals surface area contributed by atoms with E-state index in [0.29, 0.717) is 23.4 Å². The van der Waals surface area contributed by atoms with Crippen LogP contribution >= 0.6 is 0 Å². The summed E-state index contributed by atoms with van der Waals surface area (Å²) in [6, 6.07) is 4.74. The summed E-state index contributed by atoms with van der Waals surface area (Å²) in [5.74, 6) is 6.01. The second kappa shape index (κ2) is 6.69. The van der Waals surface area contributed by atoms with Gasteiger partial charge in [0, 0.05) is 12.1 Å². The van der Waals surface area contributed by atoms with E-state index >= 15 is 0 Å². The number of ether oxygens (including phenoxy) is 1. The maximum Gasteiger partial charge on any atom is 0.161 e. The molecule has 0 spiro atoms. The molecular formula is C15H21FN4O. The first-order valence-electron chi connectivity index (χ1n) is 6.94. The van der Waals surface area contributed by atoms with Gasteiger partial charge in [0.05, 0.1) is 19.3 Å². The molecule has 1 aromatic carbocycles. The second-order valence-corrected chi connectivity index (χ2v) is 4.90. The predicted molar refractivity (Wildman–Crippen MR) is 79.4 cm³/mol. The molecule has 0 radical (unpaired) electrons. The smallest absolute Gasteiger partial charge is 0.161 e. The molecular weight excluding hydrogens is 271 g/mol. The number of aromatic nitrogens is 2. The van der Waals surface area contributed by atoms with E-state index in [2.05, 4.69) is 17.4 Å². The number of rotatable bonds is 6. The average molecular weight is 292 g/mol. The van der Waals surface area contributed by atoms with Gasteiger partial charge in [0.25, 0.3) is 0 Å². The number of benzene rings is 1. The molecule has 0 aliphatic heterocycles. The minimum Gasteiger partial charge on any atom is -0.493 e. The van der Waals surface area contributed by atoms with Crippen LogP contribution in [-0.4, -0.2) is 16.9 Å². The number of hydrazine groups is 1. The van der Waals surface area contributed by atoms with Gasteiger partial charge in [-0.25, -0.2) is 9.82 Å². The zero-order valence-corrected chi connectivity index (χ0v) is 12.6. The standard InChI is InChI=1S/C15H21FN4O/c1-4-8-20-15(12(21-3)9-18-20)14(19-17)11-7-5-6-10(2)13(11)16/h5-7,9,14,19H,4,8,17H2,1-3H3. The van der Waals surface area contributed by atoms with Crippen LogP contribution in [0.5, 0.6) is 5.75 Å². The summed E-state index contributed by atoms with van der Waals surface area (Å²) in [7, 11) is 1.57. The van der Waals surface area contributed by atoms with Gasteiger partial charge in [-0.1, -0.05) is 25.1 Å². The lowest BCUT2D eigenvalue weighted by atomic mass is 10.0. The minimum absolute atomic E-state index is 0.272. The molecule has 0 saturated heterocycles. The van der Waals surface area contributed by atoms with Crippen LogP contribution < -0.4 is 16.0 Å². The van der Waals surface area contributed by atoms with Gasteiger partial charge < -0.3 is 4.74 Å². The van der Waals surface area contributed by atoms with Crippen LogP contribution in [0.1, 0.15) is 36.2 Å². The van der Waals surface area contributed by atoms with Gasteiger partial charge in [-0.3, -0.25) is 10.5 Å². The Labute approximate surface area is 123 Å². The van der Waals surface area contributed by atoms with Gasteiger partial charge in [0.15, 0.2) is 5.75 Å². The van der Waals surface area contributed by atoms with Crippen LogP contribution in [0, 0.1) is 12.7 Å². The van der Waals surface area contributed by atoms with Gasteiger partial charge in [-0.15, -0.1) is 0 Å². The summed E-state index contributed by atoms with van der Waals surface area (Å²) in [5.41, 5.74) is 4.47. The molecule has 1 aromatic heterocycles. The van der Waals surface area contributed by atoms with Gasteiger partial charge in [-0.2, -0.15) is 5.10 Å². The summed E-state index contributed by atoms with van der Waals surface area (Å²) < 4.78 is 21.6. The van der Waals surface area contributed by atoms with Crippen molar-refractivity contribution in [1.82, 2.24) is 15.2 Å². The van der Waals surface area contributed by atoms with E-state index < -0.39 is 6.04 Å². The quantitative estimate of drug-likeness (QED) is 0.633. The van der Waals surface area contributed by atoms with Crippen LogP contribution in [0.2, 0.25) is 0 Å². The molecule has 21 heavy (non-hydrogen) atoms. The van der Waals surface area contributed by atoms with Gasteiger partial charge in [-0.05, 0) is 18.9 Å². The maximum atomic E-state index is 14.4. The van der Waals surface area contributed by atoms with Crippen molar-refractivity contribution >= 4 is 0 Å². The fourth-order valence-electron chi connectivity index (χ4n) is 2.43. The lowest BCUT2D eigenvalue weighted by molar-refractivity contribution is 0.396. The second-order valence-electron chi connectivity index (χ2n) is 4.90. The lowest BCUT2D eigenvalue weighted by Gasteiger charge is -2.20. The van der Waals surface area contributed by atoms with Crippen LogP contribution in [-0.2, 0) is 6.54 Å². The lowest BCUT2D eigenvalue weighted by Crippen LogP contribution is -2.32. The third-order valence-electron chi connectivity index (χ3n) is 3.47. The highest BCUT2D eigenvalue weighted by Gasteiger charge is 2.25. The monoisotopic (exact) mass is 292 g/mol. The van der Waals surface area contributed by atoms with Crippen molar-refractivity contribution in [2.45, 2.75) is 32.9 Å². The summed E-state index contributed by atoms with van der Waals surface area (Å²) >= 11 is 0. The molecule has 3 N–H and O–H groups in total. The number of methoxy groups -OCH3 is 1. The number of nitrogens with zero attached hydrogens (tertiary/aromatic N) is 2. The third-order valence-corrected chi connectivity index (χ3v) is 3.47. The zero-order valence-electron chi connectivity index (χ0n) is 12.6. The minimum atomic E-state index is -0.520. The zero-order chi connectivity index (χ0) is 15.4. The highest BCUT2D eigenvalue weighted by molar-refractivity contribution is 5.38. The molecule has 2 rings (SSSR count). The number of hydrogen-bond acceptors (Lipinski definition) is 4. The molecule has 0 amide bonds. The highest BCUT2D eigenvalue weighted by atomic mass is 19.1. The molecule has 1 unspecified atom stereocenters. The van der Waals surface area contributed by atoms with Gasteiger partial charge >= 0.3 is 0 Å². The van der Waals surface area contributed by atoms with Crippen molar-refractivity contribution in [3.05, 3.63) is 47.0 Å². The maximum absolute atomic E-state index is 14.4. The Balaban J connectivity index is 2.55. The fraction of sp³-hybridized carbons (Fsp3) is 0.400. The van der Waals surface area contributed by atoms with Crippen molar-refractivity contribution in [1.29, 1.82) is 0 Å². The SMILES string of the molecule is CCCn1ncc(OC)c1C(NN)c1cccc(C)c1F. The van der Waals surface area contributed by atoms with Crippen LogP contribution in [0.25, 0.3) is 0 Å². The van der Waals surface area contributed by atoms with Crippen molar-refractivity contribution < 1.29 is 9.13 Å². The first-order valence-corrected chi connectivity index (χ1v) is 6.94. The van der Waals surface area contributed by atoms with E-state index in [4.69, 9.17) is 10.6 Å². The summed E-state index contributed by atoms with van der Waals surface area (Å²) in [6.45, 7) is 4.49. The number of aryl methyl sites for hydroxylation is 2. The normalized spacial score (nSPS) is 12.4. The largest absolute Gasteiger partial charge is 0.493 e. The molecule has 1 atom stereocenters. The molecule has 0 bridgehead atoms. The number of halogens is 1. The predicted octanol–water partition coefficient (Wildman–Crippen LogP) is 2.30. The Hall–Kier alpha value is -1.92. The molecule has 114 valence electrons. The number of nitrogens with one attached hydrogen (secondary N) is 1. The molecule has 0 aliphatic carbocycles. The summed E-state index contributed by atoms with van der Waals surface area (Å²) in [4.78, 5) is 0. The molecule has 0 fully saturated rings. The van der Waals surface area contributed by atoms with E-state index in [0.717, 1.165) is 12.1 Å². The average Bonchev–Trinajstić information content (AvgIpc) is 2.88. The van der Waals surface area contributed by atoms with E-state index in [1.807, 2.05) is 6.07 Å². The van der Waals surface area contributed by atoms with Crippen molar-refractivity contribution in [2.24, 2.45) is 5.84 Å². The van der Waals surface area contributed by atoms with E-state index in [9.17, 15) is 4.39 Å². The third kappa shape index (κ3) is 2.91. The first kappa shape index (κ1) is 15.5. The number of hydrogen-bond donors (Lipinski definition) is 2. The Morgan fingerprint density at radius 3 is 2.86 bits per heavy atom. The summed E-state index contributed by atoms with van der Waals surface area (Å²) in [5, 5.41) is 4.30. The molecule has 2 aromatic rings. The van der Waals surface area contributed by atoms with E-state index in [1.54, 1.807) is 37.0 Å². The van der Waals surface area contributed by atoms with Crippen LogP contribution in [0.4, 0.5) is 4.39 Å². The van der Waals surface area contributed by atoms with Gasteiger partial charge in [0.2, 0.25) is 0 Å². The summed E-state index contributed by atoms with van der Waals surface area (Å²) in [6.07, 6.45) is 2.54. The Bertz CT molecular complexity index is 612. The fourth-order valence-corrected chi connectivity index (χ4v) is 2.43. The Morgan fingerprint density at radius 2 is 2.24 bits per heavy atom. The molecule has 1 heterocycles. The van der Waals surface area contributed by atoms with Crippen molar-refractivity contribution in [2.75, 3.05) is 7.11 Å².